The van der Waals surface area contributed by atoms with E-state index in [2.05, 4.69) is 6.58 Å². The van der Waals surface area contributed by atoms with E-state index in [1.165, 1.54) is 23.9 Å². The maximum atomic E-state index is 12.4. The fourth-order valence-corrected chi connectivity index (χ4v) is 1.51. The van der Waals surface area contributed by atoms with Crippen molar-refractivity contribution in [1.29, 1.82) is 0 Å². The average molecular weight is 203 g/mol. The first-order chi connectivity index (χ1) is 5.68. The van der Waals surface area contributed by atoms with Gasteiger partial charge in [0, 0.05) is 15.7 Å². The van der Waals surface area contributed by atoms with E-state index in [-0.39, 0.29) is 5.82 Å². The van der Waals surface area contributed by atoms with Crippen LogP contribution in [0.5, 0.6) is 0 Å². The molecule has 0 spiro atoms. The summed E-state index contributed by atoms with van der Waals surface area (Å²) < 4.78 is 12.4. The Labute approximate surface area is 80.4 Å². The lowest BCUT2D eigenvalue weighted by atomic mass is 10.4. The van der Waals surface area contributed by atoms with E-state index in [0.717, 1.165) is 4.90 Å². The van der Waals surface area contributed by atoms with Crippen LogP contribution in [-0.4, -0.2) is 5.75 Å². The standard InChI is InChI=1S/C9H8ClFS/c1-7(10)6-12-9-4-2-8(11)3-5-9/h2-5H,1,6H2. The molecule has 0 amide bonds. The third kappa shape index (κ3) is 3.28. The Morgan fingerprint density at radius 1 is 1.42 bits per heavy atom. The molecule has 0 aromatic heterocycles. The highest BCUT2D eigenvalue weighted by atomic mass is 35.5. The van der Waals surface area contributed by atoms with Crippen LogP contribution in [0, 0.1) is 5.82 Å². The van der Waals surface area contributed by atoms with Crippen LogP contribution in [-0.2, 0) is 0 Å². The molecule has 1 aromatic carbocycles. The van der Waals surface area contributed by atoms with Gasteiger partial charge in [-0.3, -0.25) is 0 Å². The number of thioether (sulfide) groups is 1. The predicted octanol–water partition coefficient (Wildman–Crippen LogP) is 3.67. The van der Waals surface area contributed by atoms with E-state index in [9.17, 15) is 4.39 Å². The van der Waals surface area contributed by atoms with Crippen molar-refractivity contribution in [2.45, 2.75) is 4.90 Å². The van der Waals surface area contributed by atoms with Gasteiger partial charge in [-0.15, -0.1) is 11.8 Å². The van der Waals surface area contributed by atoms with Crippen molar-refractivity contribution in [3.05, 3.63) is 41.7 Å². The summed E-state index contributed by atoms with van der Waals surface area (Å²) in [7, 11) is 0. The molecule has 0 atom stereocenters. The van der Waals surface area contributed by atoms with Crippen LogP contribution in [0.1, 0.15) is 0 Å². The molecule has 0 bridgehead atoms. The summed E-state index contributed by atoms with van der Waals surface area (Å²) >= 11 is 7.11. The summed E-state index contributed by atoms with van der Waals surface area (Å²) in [5.74, 6) is 0.441. The summed E-state index contributed by atoms with van der Waals surface area (Å²) in [6, 6.07) is 6.30. The van der Waals surface area contributed by atoms with Gasteiger partial charge >= 0.3 is 0 Å². The van der Waals surface area contributed by atoms with E-state index in [1.54, 1.807) is 12.1 Å². The molecule has 0 radical (unpaired) electrons. The Morgan fingerprint density at radius 3 is 2.50 bits per heavy atom. The second kappa shape index (κ2) is 4.53. The van der Waals surface area contributed by atoms with Gasteiger partial charge in [0.15, 0.2) is 0 Å². The first-order valence-electron chi connectivity index (χ1n) is 3.40. The maximum absolute atomic E-state index is 12.4. The van der Waals surface area contributed by atoms with Crippen molar-refractivity contribution in [3.63, 3.8) is 0 Å². The number of halogens is 2. The maximum Gasteiger partial charge on any atom is 0.123 e. The lowest BCUT2D eigenvalue weighted by Crippen LogP contribution is -1.78. The second-order valence-electron chi connectivity index (χ2n) is 2.26. The molecule has 3 heteroatoms. The summed E-state index contributed by atoms with van der Waals surface area (Å²) in [5.41, 5.74) is 0. The van der Waals surface area contributed by atoms with Crippen LogP contribution in [0.15, 0.2) is 40.8 Å². The fraction of sp³-hybridized carbons (Fsp3) is 0.111. The molecule has 1 aromatic rings. The zero-order chi connectivity index (χ0) is 8.97. The Balaban J connectivity index is 2.53. The fourth-order valence-electron chi connectivity index (χ4n) is 0.692. The van der Waals surface area contributed by atoms with Crippen molar-refractivity contribution in [3.8, 4) is 0 Å². The van der Waals surface area contributed by atoms with Crippen LogP contribution in [0.2, 0.25) is 0 Å². The molecule has 0 aliphatic rings. The molecule has 64 valence electrons. The molecule has 0 aliphatic carbocycles. The first-order valence-corrected chi connectivity index (χ1v) is 4.76. The molecule has 0 aliphatic heterocycles. The van der Waals surface area contributed by atoms with Gasteiger partial charge in [0.2, 0.25) is 0 Å². The van der Waals surface area contributed by atoms with Gasteiger partial charge in [-0.05, 0) is 24.3 Å². The zero-order valence-corrected chi connectivity index (χ0v) is 7.96. The van der Waals surface area contributed by atoms with Gasteiger partial charge in [0.1, 0.15) is 5.82 Å². The van der Waals surface area contributed by atoms with E-state index in [1.807, 2.05) is 0 Å². The number of hydrogen-bond acceptors (Lipinski definition) is 1. The van der Waals surface area contributed by atoms with Gasteiger partial charge < -0.3 is 0 Å². The van der Waals surface area contributed by atoms with Crippen molar-refractivity contribution in [2.75, 3.05) is 5.75 Å². The number of hydrogen-bond donors (Lipinski definition) is 0. The predicted molar refractivity (Wildman–Crippen MR) is 52.1 cm³/mol. The van der Waals surface area contributed by atoms with Crippen LogP contribution in [0.4, 0.5) is 4.39 Å². The lowest BCUT2D eigenvalue weighted by Gasteiger charge is -1.98. The Bertz CT molecular complexity index is 268. The van der Waals surface area contributed by atoms with Crippen molar-refractivity contribution < 1.29 is 4.39 Å². The van der Waals surface area contributed by atoms with E-state index >= 15 is 0 Å². The highest BCUT2D eigenvalue weighted by molar-refractivity contribution is 7.99. The van der Waals surface area contributed by atoms with Crippen LogP contribution < -0.4 is 0 Å². The molecule has 0 unspecified atom stereocenters. The number of rotatable bonds is 3. The van der Waals surface area contributed by atoms with Gasteiger partial charge in [0.05, 0.1) is 0 Å². The molecule has 0 fully saturated rings. The molecular formula is C9H8ClFS. The summed E-state index contributed by atoms with van der Waals surface area (Å²) in [5, 5.41) is 0.601. The minimum atomic E-state index is -0.218. The molecule has 0 saturated heterocycles. The molecule has 12 heavy (non-hydrogen) atoms. The molecule has 0 saturated carbocycles. The second-order valence-corrected chi connectivity index (χ2v) is 3.84. The highest BCUT2D eigenvalue weighted by Gasteiger charge is 1.94. The summed E-state index contributed by atoms with van der Waals surface area (Å²) in [4.78, 5) is 0.998. The van der Waals surface area contributed by atoms with Crippen LogP contribution in [0.25, 0.3) is 0 Å². The van der Waals surface area contributed by atoms with E-state index < -0.39 is 0 Å². The normalized spacial score (nSPS) is 9.83. The monoisotopic (exact) mass is 202 g/mol. The molecule has 0 N–H and O–H groups in total. The van der Waals surface area contributed by atoms with Gasteiger partial charge in [-0.2, -0.15) is 0 Å². The van der Waals surface area contributed by atoms with Crippen molar-refractivity contribution in [2.24, 2.45) is 0 Å². The van der Waals surface area contributed by atoms with Crippen LogP contribution in [0.3, 0.4) is 0 Å². The lowest BCUT2D eigenvalue weighted by molar-refractivity contribution is 0.626. The molecular weight excluding hydrogens is 195 g/mol. The van der Waals surface area contributed by atoms with E-state index in [0.29, 0.717) is 10.8 Å². The largest absolute Gasteiger partial charge is 0.207 e. The SMILES string of the molecule is C=C(Cl)CSc1ccc(F)cc1. The first kappa shape index (κ1) is 9.62. The third-order valence-corrected chi connectivity index (χ3v) is 2.60. The summed E-state index contributed by atoms with van der Waals surface area (Å²) in [6.45, 7) is 3.56. The van der Waals surface area contributed by atoms with Crippen molar-refractivity contribution >= 4 is 23.4 Å². The third-order valence-electron chi connectivity index (χ3n) is 1.21. The van der Waals surface area contributed by atoms with E-state index in [4.69, 9.17) is 11.6 Å². The average Bonchev–Trinajstić information content (AvgIpc) is 2.03. The molecule has 0 nitrogen and oxygen atoms in total. The Hall–Kier alpha value is -0.470. The van der Waals surface area contributed by atoms with Crippen molar-refractivity contribution in [1.82, 2.24) is 0 Å². The Morgan fingerprint density at radius 2 is 2.00 bits per heavy atom. The van der Waals surface area contributed by atoms with Gasteiger partial charge in [-0.1, -0.05) is 18.2 Å². The summed E-state index contributed by atoms with van der Waals surface area (Å²) in [6.07, 6.45) is 0. The number of benzene rings is 1. The minimum Gasteiger partial charge on any atom is -0.207 e. The van der Waals surface area contributed by atoms with Crippen LogP contribution >= 0.6 is 23.4 Å². The zero-order valence-electron chi connectivity index (χ0n) is 6.39. The molecule has 0 heterocycles. The molecule has 1 rings (SSSR count). The topological polar surface area (TPSA) is 0 Å². The smallest absolute Gasteiger partial charge is 0.123 e. The van der Waals surface area contributed by atoms with Gasteiger partial charge in [-0.25, -0.2) is 4.39 Å². The highest BCUT2D eigenvalue weighted by Crippen LogP contribution is 2.21. The van der Waals surface area contributed by atoms with Gasteiger partial charge in [0.25, 0.3) is 0 Å². The quantitative estimate of drug-likeness (QED) is 0.674. The Kier molecular flexibility index (Phi) is 3.63. The minimum absolute atomic E-state index is 0.218.